The van der Waals surface area contributed by atoms with Gasteiger partial charge in [0.05, 0.1) is 18.0 Å². The van der Waals surface area contributed by atoms with Crippen LogP contribution in [0.1, 0.15) is 25.9 Å². The highest BCUT2D eigenvalue weighted by atomic mass is 32.1. The molecule has 0 radical (unpaired) electrons. The van der Waals surface area contributed by atoms with Crippen molar-refractivity contribution in [2.75, 3.05) is 7.11 Å². The standard InChI is InChI=1S/C16H15FN2O2S2/c1-9-8-22-13(19-9)6-18-16(20)15-10(7-21-2)14-11(17)4-3-5-12(14)23-15/h3-5,8H,6-7H2,1-2H3,(H,18,20). The number of thiazole rings is 1. The molecule has 0 aliphatic heterocycles. The molecule has 0 spiro atoms. The number of benzene rings is 1. The summed E-state index contributed by atoms with van der Waals surface area (Å²) in [6.07, 6.45) is 0. The summed E-state index contributed by atoms with van der Waals surface area (Å²) in [7, 11) is 1.53. The minimum atomic E-state index is -0.333. The van der Waals surface area contributed by atoms with Crippen LogP contribution in [0.3, 0.4) is 0 Å². The fourth-order valence-corrected chi connectivity index (χ4v) is 4.20. The number of aromatic nitrogens is 1. The predicted octanol–water partition coefficient (Wildman–Crippen LogP) is 3.88. The van der Waals surface area contributed by atoms with Gasteiger partial charge in [0.2, 0.25) is 0 Å². The summed E-state index contributed by atoms with van der Waals surface area (Å²) in [5, 5.41) is 6.10. The molecule has 120 valence electrons. The Morgan fingerprint density at radius 3 is 2.96 bits per heavy atom. The maximum absolute atomic E-state index is 14.1. The van der Waals surface area contributed by atoms with Crippen LogP contribution in [0.5, 0.6) is 0 Å². The van der Waals surface area contributed by atoms with Crippen LogP contribution in [-0.2, 0) is 17.9 Å². The first-order chi connectivity index (χ1) is 11.1. The van der Waals surface area contributed by atoms with Gasteiger partial charge in [0.25, 0.3) is 5.91 Å². The van der Waals surface area contributed by atoms with Gasteiger partial charge in [-0.05, 0) is 19.1 Å². The Bertz CT molecular complexity index is 857. The molecule has 1 aromatic carbocycles. The van der Waals surface area contributed by atoms with Crippen LogP contribution in [0, 0.1) is 12.7 Å². The van der Waals surface area contributed by atoms with Gasteiger partial charge in [-0.1, -0.05) is 6.07 Å². The molecule has 7 heteroatoms. The SMILES string of the molecule is COCc1c(C(=O)NCc2nc(C)cs2)sc2cccc(F)c12. The van der Waals surface area contributed by atoms with E-state index in [1.807, 2.05) is 18.4 Å². The van der Waals surface area contributed by atoms with E-state index in [-0.39, 0.29) is 18.3 Å². The summed E-state index contributed by atoms with van der Waals surface area (Å²) in [6, 6.07) is 4.85. The average molecular weight is 350 g/mol. The van der Waals surface area contributed by atoms with Crippen LogP contribution in [0.15, 0.2) is 23.6 Å². The fourth-order valence-electron chi connectivity index (χ4n) is 2.35. The zero-order valence-electron chi connectivity index (χ0n) is 12.7. The summed E-state index contributed by atoms with van der Waals surface area (Å²) in [5.41, 5.74) is 1.53. The number of amides is 1. The Balaban J connectivity index is 1.90. The molecule has 0 aliphatic rings. The number of hydrogen-bond acceptors (Lipinski definition) is 5. The first-order valence-corrected chi connectivity index (χ1v) is 8.67. The Morgan fingerprint density at radius 1 is 1.43 bits per heavy atom. The molecule has 0 unspecified atom stereocenters. The number of halogens is 1. The Morgan fingerprint density at radius 2 is 2.26 bits per heavy atom. The van der Waals surface area contributed by atoms with Crippen molar-refractivity contribution in [1.29, 1.82) is 0 Å². The summed E-state index contributed by atoms with van der Waals surface area (Å²) in [5.74, 6) is -0.564. The average Bonchev–Trinajstić information content (AvgIpc) is 3.10. The lowest BCUT2D eigenvalue weighted by Crippen LogP contribution is -2.22. The van der Waals surface area contributed by atoms with Crippen molar-refractivity contribution in [1.82, 2.24) is 10.3 Å². The van der Waals surface area contributed by atoms with Gasteiger partial charge in [-0.15, -0.1) is 22.7 Å². The number of thiophene rings is 1. The molecule has 0 saturated carbocycles. The molecule has 0 bridgehead atoms. The van der Waals surface area contributed by atoms with E-state index in [9.17, 15) is 9.18 Å². The smallest absolute Gasteiger partial charge is 0.262 e. The minimum absolute atomic E-state index is 0.194. The zero-order chi connectivity index (χ0) is 16.4. The monoisotopic (exact) mass is 350 g/mol. The lowest BCUT2D eigenvalue weighted by Gasteiger charge is -2.05. The van der Waals surface area contributed by atoms with Gasteiger partial charge < -0.3 is 10.1 Å². The van der Waals surface area contributed by atoms with Crippen molar-refractivity contribution in [2.24, 2.45) is 0 Å². The van der Waals surface area contributed by atoms with Gasteiger partial charge in [0.15, 0.2) is 0 Å². The summed E-state index contributed by atoms with van der Waals surface area (Å²) < 4.78 is 20.0. The minimum Gasteiger partial charge on any atom is -0.380 e. The van der Waals surface area contributed by atoms with E-state index < -0.39 is 0 Å². The molecule has 1 amide bonds. The molecule has 23 heavy (non-hydrogen) atoms. The molecule has 0 saturated heterocycles. The van der Waals surface area contributed by atoms with Crippen molar-refractivity contribution >= 4 is 38.7 Å². The number of fused-ring (bicyclic) bond motifs is 1. The maximum Gasteiger partial charge on any atom is 0.262 e. The predicted molar refractivity (Wildman–Crippen MR) is 90.5 cm³/mol. The Kier molecular flexibility index (Phi) is 4.70. The van der Waals surface area contributed by atoms with E-state index in [1.165, 1.54) is 35.8 Å². The molecule has 0 aliphatic carbocycles. The molecule has 2 aromatic heterocycles. The number of aryl methyl sites for hydroxylation is 1. The number of carbonyl (C=O) groups excluding carboxylic acids is 1. The third-order valence-corrected chi connectivity index (χ3v) is 5.49. The molecule has 0 atom stereocenters. The molecule has 2 heterocycles. The molecule has 1 N–H and O–H groups in total. The lowest BCUT2D eigenvalue weighted by atomic mass is 10.1. The lowest BCUT2D eigenvalue weighted by molar-refractivity contribution is 0.0950. The van der Waals surface area contributed by atoms with E-state index >= 15 is 0 Å². The van der Waals surface area contributed by atoms with Gasteiger partial charge >= 0.3 is 0 Å². The van der Waals surface area contributed by atoms with Crippen LogP contribution in [-0.4, -0.2) is 18.0 Å². The van der Waals surface area contributed by atoms with E-state index in [4.69, 9.17) is 4.74 Å². The van der Waals surface area contributed by atoms with Crippen molar-refractivity contribution in [3.05, 3.63) is 50.5 Å². The normalized spacial score (nSPS) is 11.1. The largest absolute Gasteiger partial charge is 0.380 e. The van der Waals surface area contributed by atoms with E-state index in [0.717, 1.165) is 15.4 Å². The highest BCUT2D eigenvalue weighted by Gasteiger charge is 2.20. The molecule has 4 nitrogen and oxygen atoms in total. The van der Waals surface area contributed by atoms with E-state index in [1.54, 1.807) is 6.07 Å². The Labute approximate surface area is 140 Å². The van der Waals surface area contributed by atoms with Gasteiger partial charge in [-0.3, -0.25) is 4.79 Å². The second kappa shape index (κ2) is 6.74. The number of ether oxygens (including phenoxy) is 1. The summed E-state index contributed by atoms with van der Waals surface area (Å²) in [4.78, 5) is 17.3. The van der Waals surface area contributed by atoms with E-state index in [2.05, 4.69) is 10.3 Å². The highest BCUT2D eigenvalue weighted by molar-refractivity contribution is 7.21. The van der Waals surface area contributed by atoms with Crippen LogP contribution in [0.2, 0.25) is 0 Å². The number of carbonyl (C=O) groups is 1. The third kappa shape index (κ3) is 3.26. The Hall–Kier alpha value is -1.83. The van der Waals surface area contributed by atoms with Gasteiger partial charge in [0, 0.05) is 33.8 Å². The van der Waals surface area contributed by atoms with Gasteiger partial charge in [-0.2, -0.15) is 0 Å². The van der Waals surface area contributed by atoms with Crippen LogP contribution >= 0.6 is 22.7 Å². The quantitative estimate of drug-likeness (QED) is 0.760. The number of hydrogen-bond donors (Lipinski definition) is 1. The molecular formula is C16H15FN2O2S2. The number of nitrogens with zero attached hydrogens (tertiary/aromatic N) is 1. The fraction of sp³-hybridized carbons (Fsp3) is 0.250. The highest BCUT2D eigenvalue weighted by Crippen LogP contribution is 2.33. The first-order valence-electron chi connectivity index (χ1n) is 6.98. The van der Waals surface area contributed by atoms with Crippen LogP contribution < -0.4 is 5.32 Å². The third-order valence-electron chi connectivity index (χ3n) is 3.32. The topological polar surface area (TPSA) is 51.2 Å². The summed E-state index contributed by atoms with van der Waals surface area (Å²) in [6.45, 7) is 2.47. The molecule has 3 rings (SSSR count). The second-order valence-electron chi connectivity index (χ2n) is 5.02. The van der Waals surface area contributed by atoms with Gasteiger partial charge in [0.1, 0.15) is 10.8 Å². The van der Waals surface area contributed by atoms with Crippen LogP contribution in [0.4, 0.5) is 4.39 Å². The molecular weight excluding hydrogens is 335 g/mol. The number of nitrogens with one attached hydrogen (secondary N) is 1. The zero-order valence-corrected chi connectivity index (χ0v) is 14.3. The summed E-state index contributed by atoms with van der Waals surface area (Å²) >= 11 is 2.78. The maximum atomic E-state index is 14.1. The van der Waals surface area contributed by atoms with Crippen molar-refractivity contribution < 1.29 is 13.9 Å². The van der Waals surface area contributed by atoms with Crippen molar-refractivity contribution in [3.63, 3.8) is 0 Å². The van der Waals surface area contributed by atoms with Gasteiger partial charge in [-0.25, -0.2) is 9.37 Å². The second-order valence-corrected chi connectivity index (χ2v) is 7.02. The number of rotatable bonds is 5. The van der Waals surface area contributed by atoms with Crippen molar-refractivity contribution in [3.8, 4) is 0 Å². The van der Waals surface area contributed by atoms with Crippen molar-refractivity contribution in [2.45, 2.75) is 20.1 Å². The first kappa shape index (κ1) is 16.0. The van der Waals surface area contributed by atoms with Crippen LogP contribution in [0.25, 0.3) is 10.1 Å². The van der Waals surface area contributed by atoms with E-state index in [0.29, 0.717) is 22.4 Å². The number of methoxy groups -OCH3 is 1. The molecule has 0 fully saturated rings. The molecule has 3 aromatic rings.